The number of halogens is 1. The Hall–Kier alpha value is -1.20. The Morgan fingerprint density at radius 2 is 2.25 bits per heavy atom. The molecule has 0 aromatic carbocycles. The van der Waals surface area contributed by atoms with Gasteiger partial charge in [-0.05, 0) is 13.8 Å². The lowest BCUT2D eigenvalue weighted by molar-refractivity contribution is -0.126. The molecule has 88 valence electrons. The first-order valence-electron chi connectivity index (χ1n) is 4.77. The summed E-state index contributed by atoms with van der Waals surface area (Å²) < 4.78 is 0. The van der Waals surface area contributed by atoms with Crippen LogP contribution in [0.4, 0.5) is 0 Å². The minimum Gasteiger partial charge on any atom is -0.368 e. The van der Waals surface area contributed by atoms with Gasteiger partial charge in [0.25, 0.3) is 5.91 Å². The summed E-state index contributed by atoms with van der Waals surface area (Å²) in [4.78, 5) is 16.6. The Morgan fingerprint density at radius 3 is 2.62 bits per heavy atom. The number of amidine groups is 1. The van der Waals surface area contributed by atoms with Crippen LogP contribution >= 0.6 is 11.6 Å². The Labute approximate surface area is 98.9 Å². The molecule has 0 fully saturated rings. The standard InChI is InChI=1S/C10H14ClN3O2/c1-5(13-3)4-7(12)14-9(15)6(2)8(11)10(14)16/h10,12,16H,4H2,1-3H3. The topological polar surface area (TPSA) is 76.8 Å². The van der Waals surface area contributed by atoms with Crippen molar-refractivity contribution in [2.45, 2.75) is 26.5 Å². The molecule has 0 aromatic rings. The molecule has 1 atom stereocenters. The highest BCUT2D eigenvalue weighted by molar-refractivity contribution is 6.34. The molecule has 0 aromatic heterocycles. The van der Waals surface area contributed by atoms with Crippen LogP contribution in [0.1, 0.15) is 20.3 Å². The molecule has 0 spiro atoms. The molecule has 1 heterocycles. The zero-order chi connectivity index (χ0) is 12.5. The molecule has 16 heavy (non-hydrogen) atoms. The second-order valence-corrected chi connectivity index (χ2v) is 4.01. The average molecular weight is 244 g/mol. The van der Waals surface area contributed by atoms with Crippen molar-refractivity contribution in [2.24, 2.45) is 4.99 Å². The van der Waals surface area contributed by atoms with Crippen molar-refractivity contribution in [1.82, 2.24) is 4.90 Å². The summed E-state index contributed by atoms with van der Waals surface area (Å²) in [5, 5.41) is 17.5. The fourth-order valence-corrected chi connectivity index (χ4v) is 1.56. The van der Waals surface area contributed by atoms with Crippen LogP contribution < -0.4 is 0 Å². The molecule has 0 bridgehead atoms. The number of nitrogens with one attached hydrogen (secondary N) is 1. The first kappa shape index (κ1) is 12.9. The van der Waals surface area contributed by atoms with Gasteiger partial charge in [-0.15, -0.1) is 0 Å². The molecule has 2 N–H and O–H groups in total. The highest BCUT2D eigenvalue weighted by Crippen LogP contribution is 2.27. The van der Waals surface area contributed by atoms with Gasteiger partial charge >= 0.3 is 0 Å². The molecule has 1 aliphatic rings. The molecule has 5 nitrogen and oxygen atoms in total. The molecule has 1 unspecified atom stereocenters. The van der Waals surface area contributed by atoms with E-state index in [0.29, 0.717) is 5.71 Å². The van der Waals surface area contributed by atoms with Crippen LogP contribution in [-0.4, -0.2) is 40.7 Å². The van der Waals surface area contributed by atoms with E-state index in [1.165, 1.54) is 6.92 Å². The fraction of sp³-hybridized carbons (Fsp3) is 0.500. The van der Waals surface area contributed by atoms with E-state index in [9.17, 15) is 9.90 Å². The molecule has 0 saturated carbocycles. The summed E-state index contributed by atoms with van der Waals surface area (Å²) >= 11 is 5.76. The summed E-state index contributed by atoms with van der Waals surface area (Å²) in [7, 11) is 1.61. The van der Waals surface area contributed by atoms with E-state index in [2.05, 4.69) is 4.99 Å². The highest BCUT2D eigenvalue weighted by Gasteiger charge is 2.37. The number of aliphatic imine (C=N–C) groups is 1. The van der Waals surface area contributed by atoms with Crippen LogP contribution in [0.5, 0.6) is 0 Å². The van der Waals surface area contributed by atoms with Gasteiger partial charge in [0.15, 0.2) is 6.23 Å². The number of rotatable bonds is 2. The zero-order valence-electron chi connectivity index (χ0n) is 9.41. The maximum atomic E-state index is 11.7. The summed E-state index contributed by atoms with van der Waals surface area (Å²) in [6.45, 7) is 3.28. The SMILES string of the molecule is CN=C(C)CC(=N)N1C(=O)C(C)=C(Cl)C1O. The molecule has 0 saturated heterocycles. The normalized spacial score (nSPS) is 22.1. The van der Waals surface area contributed by atoms with E-state index in [4.69, 9.17) is 17.0 Å². The van der Waals surface area contributed by atoms with Gasteiger partial charge in [-0.25, -0.2) is 0 Å². The van der Waals surface area contributed by atoms with Crippen molar-refractivity contribution in [2.75, 3.05) is 7.05 Å². The van der Waals surface area contributed by atoms with Crippen molar-refractivity contribution in [3.63, 3.8) is 0 Å². The lowest BCUT2D eigenvalue weighted by Gasteiger charge is -2.21. The predicted octanol–water partition coefficient (Wildman–Crippen LogP) is 1.12. The van der Waals surface area contributed by atoms with Crippen LogP contribution in [0.15, 0.2) is 15.6 Å². The predicted molar refractivity (Wildman–Crippen MR) is 62.8 cm³/mol. The van der Waals surface area contributed by atoms with Crippen LogP contribution in [0.2, 0.25) is 0 Å². The van der Waals surface area contributed by atoms with Gasteiger partial charge in [0.1, 0.15) is 5.84 Å². The minimum absolute atomic E-state index is 0.00407. The third-order valence-corrected chi connectivity index (χ3v) is 2.94. The molecule has 1 amide bonds. The number of aliphatic hydroxyl groups is 1. The van der Waals surface area contributed by atoms with Gasteiger partial charge in [-0.1, -0.05) is 11.6 Å². The zero-order valence-corrected chi connectivity index (χ0v) is 10.2. The van der Waals surface area contributed by atoms with Gasteiger partial charge in [-0.2, -0.15) is 0 Å². The largest absolute Gasteiger partial charge is 0.368 e. The lowest BCUT2D eigenvalue weighted by Crippen LogP contribution is -2.40. The van der Waals surface area contributed by atoms with Crippen LogP contribution in [0.25, 0.3) is 0 Å². The molecule has 6 heteroatoms. The minimum atomic E-state index is -1.23. The monoisotopic (exact) mass is 243 g/mol. The number of carbonyl (C=O) groups excluding carboxylic acids is 1. The molecule has 1 aliphatic heterocycles. The van der Waals surface area contributed by atoms with Crippen molar-refractivity contribution in [3.8, 4) is 0 Å². The van der Waals surface area contributed by atoms with E-state index < -0.39 is 12.1 Å². The van der Waals surface area contributed by atoms with Gasteiger partial charge < -0.3 is 5.11 Å². The van der Waals surface area contributed by atoms with Gasteiger partial charge in [0.2, 0.25) is 0 Å². The third-order valence-electron chi connectivity index (χ3n) is 2.46. The molecular weight excluding hydrogens is 230 g/mol. The quantitative estimate of drug-likeness (QED) is 0.563. The molecule has 0 radical (unpaired) electrons. The second kappa shape index (κ2) is 4.76. The number of hydrogen-bond acceptors (Lipinski definition) is 4. The number of nitrogens with zero attached hydrogens (tertiary/aromatic N) is 2. The molecule has 0 aliphatic carbocycles. The van der Waals surface area contributed by atoms with Crippen molar-refractivity contribution >= 4 is 29.1 Å². The fourth-order valence-electron chi connectivity index (χ4n) is 1.38. The average Bonchev–Trinajstić information content (AvgIpc) is 2.43. The van der Waals surface area contributed by atoms with E-state index in [0.717, 1.165) is 4.90 Å². The van der Waals surface area contributed by atoms with Gasteiger partial charge in [0.05, 0.1) is 5.03 Å². The Bertz CT molecular complexity index is 401. The van der Waals surface area contributed by atoms with Crippen LogP contribution in [-0.2, 0) is 4.79 Å². The van der Waals surface area contributed by atoms with E-state index in [1.807, 2.05) is 0 Å². The highest BCUT2D eigenvalue weighted by atomic mass is 35.5. The Kier molecular flexibility index (Phi) is 3.83. The van der Waals surface area contributed by atoms with Crippen molar-refractivity contribution < 1.29 is 9.90 Å². The maximum Gasteiger partial charge on any atom is 0.258 e. The summed E-state index contributed by atoms with van der Waals surface area (Å²) in [5.74, 6) is -0.429. The number of aliphatic hydroxyl groups excluding tert-OH is 1. The first-order valence-corrected chi connectivity index (χ1v) is 5.15. The van der Waals surface area contributed by atoms with Crippen molar-refractivity contribution in [1.29, 1.82) is 5.41 Å². The Balaban J connectivity index is 2.85. The summed E-state index contributed by atoms with van der Waals surface area (Å²) in [6, 6.07) is 0. The van der Waals surface area contributed by atoms with Gasteiger partial charge in [-0.3, -0.25) is 20.1 Å². The Morgan fingerprint density at radius 1 is 1.69 bits per heavy atom. The molecular formula is C10H14ClN3O2. The van der Waals surface area contributed by atoms with E-state index in [-0.39, 0.29) is 22.9 Å². The first-order chi connectivity index (χ1) is 7.40. The molecule has 1 rings (SSSR count). The third kappa shape index (κ3) is 2.15. The number of amides is 1. The number of hydrogen-bond donors (Lipinski definition) is 2. The lowest BCUT2D eigenvalue weighted by atomic mass is 10.2. The smallest absolute Gasteiger partial charge is 0.258 e. The van der Waals surface area contributed by atoms with Crippen LogP contribution in [0, 0.1) is 5.41 Å². The number of carbonyl (C=O) groups is 1. The summed E-state index contributed by atoms with van der Waals surface area (Å²) in [6.07, 6.45) is -1.01. The van der Waals surface area contributed by atoms with E-state index >= 15 is 0 Å². The van der Waals surface area contributed by atoms with Crippen molar-refractivity contribution in [3.05, 3.63) is 10.6 Å². The maximum absolute atomic E-state index is 11.7. The summed E-state index contributed by atoms with van der Waals surface area (Å²) in [5.41, 5.74) is 0.996. The van der Waals surface area contributed by atoms with Gasteiger partial charge in [0, 0.05) is 24.8 Å². The van der Waals surface area contributed by atoms with E-state index in [1.54, 1.807) is 14.0 Å². The second-order valence-electron chi connectivity index (χ2n) is 3.60. The van der Waals surface area contributed by atoms with Crippen LogP contribution in [0.3, 0.4) is 0 Å².